The average molecular weight is 286 g/mol. The van der Waals surface area contributed by atoms with E-state index < -0.39 is 0 Å². The second-order valence-electron chi connectivity index (χ2n) is 5.02. The Kier molecular flexibility index (Phi) is 4.98. The molecule has 0 fully saturated rings. The van der Waals surface area contributed by atoms with Crippen molar-refractivity contribution in [3.63, 3.8) is 0 Å². The van der Waals surface area contributed by atoms with Crippen LogP contribution in [0.15, 0.2) is 30.6 Å². The van der Waals surface area contributed by atoms with Crippen LogP contribution in [-0.4, -0.2) is 22.7 Å². The first-order chi connectivity index (χ1) is 10.2. The fourth-order valence-electron chi connectivity index (χ4n) is 2.25. The molecule has 0 unspecified atom stereocenters. The molecule has 21 heavy (non-hydrogen) atoms. The molecule has 1 aromatic heterocycles. The van der Waals surface area contributed by atoms with Gasteiger partial charge in [-0.3, -0.25) is 9.48 Å². The molecule has 0 aliphatic heterocycles. The lowest BCUT2D eigenvalue weighted by atomic mass is 10.1. The molecule has 0 spiro atoms. The second kappa shape index (κ2) is 6.92. The molecule has 112 valence electrons. The van der Waals surface area contributed by atoms with Crippen molar-refractivity contribution in [2.75, 3.05) is 12.4 Å². The third-order valence-electron chi connectivity index (χ3n) is 3.43. The number of nitrogens with one attached hydrogen (secondary N) is 2. The van der Waals surface area contributed by atoms with Crippen molar-refractivity contribution in [3.05, 3.63) is 47.3 Å². The number of hydrogen-bond donors (Lipinski definition) is 2. The SMILES string of the molecule is CCCn1cc(CNc2cccc(C(=O)NC)c2C)cn1. The van der Waals surface area contributed by atoms with Gasteiger partial charge in [-0.1, -0.05) is 13.0 Å². The van der Waals surface area contributed by atoms with Crippen molar-refractivity contribution in [1.29, 1.82) is 0 Å². The van der Waals surface area contributed by atoms with Crippen LogP contribution in [0.2, 0.25) is 0 Å². The van der Waals surface area contributed by atoms with Gasteiger partial charge < -0.3 is 10.6 Å². The van der Waals surface area contributed by atoms with Crippen LogP contribution in [0.3, 0.4) is 0 Å². The molecule has 2 aromatic rings. The van der Waals surface area contributed by atoms with Crippen molar-refractivity contribution >= 4 is 11.6 Å². The first-order valence-corrected chi connectivity index (χ1v) is 7.22. The number of anilines is 1. The van der Waals surface area contributed by atoms with Gasteiger partial charge in [-0.15, -0.1) is 0 Å². The number of aryl methyl sites for hydroxylation is 1. The molecule has 0 saturated carbocycles. The third-order valence-corrected chi connectivity index (χ3v) is 3.43. The van der Waals surface area contributed by atoms with Gasteiger partial charge in [0.05, 0.1) is 6.20 Å². The van der Waals surface area contributed by atoms with E-state index in [1.807, 2.05) is 36.0 Å². The molecule has 0 atom stereocenters. The summed E-state index contributed by atoms with van der Waals surface area (Å²) in [6, 6.07) is 5.71. The van der Waals surface area contributed by atoms with Gasteiger partial charge in [0, 0.05) is 43.1 Å². The maximum absolute atomic E-state index is 11.8. The molecule has 5 heteroatoms. The fraction of sp³-hybridized carbons (Fsp3) is 0.375. The number of rotatable bonds is 6. The van der Waals surface area contributed by atoms with Gasteiger partial charge in [0.25, 0.3) is 5.91 Å². The number of carbonyl (C=O) groups excluding carboxylic acids is 1. The van der Waals surface area contributed by atoms with Crippen molar-refractivity contribution in [3.8, 4) is 0 Å². The molecule has 5 nitrogen and oxygen atoms in total. The van der Waals surface area contributed by atoms with Crippen LogP contribution < -0.4 is 10.6 Å². The van der Waals surface area contributed by atoms with Crippen molar-refractivity contribution in [1.82, 2.24) is 15.1 Å². The van der Waals surface area contributed by atoms with Crippen LogP contribution in [0.1, 0.15) is 34.8 Å². The standard InChI is InChI=1S/C16H22N4O/c1-4-8-20-11-13(10-19-20)9-18-15-7-5-6-14(12(15)2)16(21)17-3/h5-7,10-11,18H,4,8-9H2,1-3H3,(H,17,21). The second-order valence-corrected chi connectivity index (χ2v) is 5.02. The van der Waals surface area contributed by atoms with E-state index in [9.17, 15) is 4.79 Å². The van der Waals surface area contributed by atoms with Crippen LogP contribution in [0.25, 0.3) is 0 Å². The molecule has 0 bridgehead atoms. The van der Waals surface area contributed by atoms with Crippen LogP contribution in [0, 0.1) is 6.92 Å². The number of amides is 1. The van der Waals surface area contributed by atoms with Gasteiger partial charge in [-0.2, -0.15) is 5.10 Å². The molecule has 2 N–H and O–H groups in total. The highest BCUT2D eigenvalue weighted by Crippen LogP contribution is 2.19. The topological polar surface area (TPSA) is 59.0 Å². The maximum Gasteiger partial charge on any atom is 0.251 e. The van der Waals surface area contributed by atoms with E-state index in [0.717, 1.165) is 29.8 Å². The van der Waals surface area contributed by atoms with Crippen LogP contribution in [-0.2, 0) is 13.1 Å². The lowest BCUT2D eigenvalue weighted by Crippen LogP contribution is -2.19. The number of benzene rings is 1. The van der Waals surface area contributed by atoms with Crippen molar-refractivity contribution in [2.24, 2.45) is 0 Å². The number of aromatic nitrogens is 2. The minimum atomic E-state index is -0.0630. The first-order valence-electron chi connectivity index (χ1n) is 7.22. The van der Waals surface area contributed by atoms with Crippen LogP contribution in [0.4, 0.5) is 5.69 Å². The van der Waals surface area contributed by atoms with Gasteiger partial charge >= 0.3 is 0 Å². The summed E-state index contributed by atoms with van der Waals surface area (Å²) in [4.78, 5) is 11.8. The van der Waals surface area contributed by atoms with Gasteiger partial charge in [-0.05, 0) is 31.0 Å². The molecule has 1 heterocycles. The maximum atomic E-state index is 11.8. The molecule has 0 aliphatic carbocycles. The minimum absolute atomic E-state index is 0.0630. The quantitative estimate of drug-likeness (QED) is 0.858. The highest BCUT2D eigenvalue weighted by molar-refractivity contribution is 5.96. The molecule has 0 radical (unpaired) electrons. The summed E-state index contributed by atoms with van der Waals surface area (Å²) in [6.45, 7) is 5.72. The summed E-state index contributed by atoms with van der Waals surface area (Å²) in [5.74, 6) is -0.0630. The third kappa shape index (κ3) is 3.62. The Morgan fingerprint density at radius 2 is 2.19 bits per heavy atom. The van der Waals surface area contributed by atoms with Crippen LogP contribution >= 0.6 is 0 Å². The average Bonchev–Trinajstić information content (AvgIpc) is 2.93. The van der Waals surface area contributed by atoms with Crippen molar-refractivity contribution in [2.45, 2.75) is 33.4 Å². The lowest BCUT2D eigenvalue weighted by Gasteiger charge is -2.12. The summed E-state index contributed by atoms with van der Waals surface area (Å²) >= 11 is 0. The fourth-order valence-corrected chi connectivity index (χ4v) is 2.25. The predicted molar refractivity (Wildman–Crippen MR) is 84.4 cm³/mol. The van der Waals surface area contributed by atoms with Gasteiger partial charge in [-0.25, -0.2) is 0 Å². The molecular formula is C16H22N4O. The monoisotopic (exact) mass is 286 g/mol. The summed E-state index contributed by atoms with van der Waals surface area (Å²) in [5, 5.41) is 10.3. The Hall–Kier alpha value is -2.30. The lowest BCUT2D eigenvalue weighted by molar-refractivity contribution is 0.0962. The molecular weight excluding hydrogens is 264 g/mol. The first kappa shape index (κ1) is 15.1. The Labute approximate surface area is 125 Å². The Morgan fingerprint density at radius 3 is 2.90 bits per heavy atom. The highest BCUT2D eigenvalue weighted by atomic mass is 16.1. The number of hydrogen-bond acceptors (Lipinski definition) is 3. The van der Waals surface area contributed by atoms with Gasteiger partial charge in [0.2, 0.25) is 0 Å². The van der Waals surface area contributed by atoms with Gasteiger partial charge in [0.1, 0.15) is 0 Å². The van der Waals surface area contributed by atoms with E-state index >= 15 is 0 Å². The summed E-state index contributed by atoms with van der Waals surface area (Å²) in [5.41, 5.74) is 3.76. The smallest absolute Gasteiger partial charge is 0.251 e. The van der Waals surface area contributed by atoms with E-state index in [4.69, 9.17) is 0 Å². The van der Waals surface area contributed by atoms with Crippen molar-refractivity contribution < 1.29 is 4.79 Å². The van der Waals surface area contributed by atoms with Gasteiger partial charge in [0.15, 0.2) is 0 Å². The zero-order chi connectivity index (χ0) is 15.2. The van der Waals surface area contributed by atoms with E-state index in [1.165, 1.54) is 0 Å². The summed E-state index contributed by atoms with van der Waals surface area (Å²) in [7, 11) is 1.64. The summed E-state index contributed by atoms with van der Waals surface area (Å²) in [6.07, 6.45) is 5.00. The van der Waals surface area contributed by atoms with E-state index in [-0.39, 0.29) is 5.91 Å². The number of nitrogens with zero attached hydrogens (tertiary/aromatic N) is 2. The molecule has 2 rings (SSSR count). The molecule has 0 aliphatic rings. The Bertz CT molecular complexity index is 618. The van der Waals surface area contributed by atoms with E-state index in [2.05, 4.69) is 28.9 Å². The van der Waals surface area contributed by atoms with E-state index in [1.54, 1.807) is 7.05 Å². The predicted octanol–water partition coefficient (Wildman–Crippen LogP) is 2.57. The number of carbonyl (C=O) groups is 1. The Balaban J connectivity index is 2.07. The zero-order valence-electron chi connectivity index (χ0n) is 12.8. The molecule has 1 aromatic carbocycles. The molecule has 0 saturated heterocycles. The highest BCUT2D eigenvalue weighted by Gasteiger charge is 2.10. The molecule has 1 amide bonds. The largest absolute Gasteiger partial charge is 0.381 e. The Morgan fingerprint density at radius 1 is 1.38 bits per heavy atom. The van der Waals surface area contributed by atoms with E-state index in [0.29, 0.717) is 12.1 Å². The normalized spacial score (nSPS) is 10.4. The van der Waals surface area contributed by atoms with Crippen LogP contribution in [0.5, 0.6) is 0 Å². The summed E-state index contributed by atoms with van der Waals surface area (Å²) < 4.78 is 1.95. The minimum Gasteiger partial charge on any atom is -0.381 e. The zero-order valence-corrected chi connectivity index (χ0v) is 12.8.